The van der Waals surface area contributed by atoms with E-state index in [4.69, 9.17) is 9.47 Å². The highest BCUT2D eigenvalue weighted by Crippen LogP contribution is 2.24. The second-order valence-electron chi connectivity index (χ2n) is 5.36. The Balaban J connectivity index is 1.52. The molecule has 0 radical (unpaired) electrons. The number of aryl methyl sites for hydroxylation is 2. The molecule has 1 aliphatic rings. The van der Waals surface area contributed by atoms with E-state index in [1.54, 1.807) is 4.57 Å². The van der Waals surface area contributed by atoms with Crippen LogP contribution < -0.4 is 4.74 Å². The van der Waals surface area contributed by atoms with E-state index in [9.17, 15) is 10.1 Å². The Bertz CT molecular complexity index is 666. The summed E-state index contributed by atoms with van der Waals surface area (Å²) in [5.74, 6) is -0.184. The molecule has 22 heavy (non-hydrogen) atoms. The van der Waals surface area contributed by atoms with E-state index >= 15 is 0 Å². The molecule has 3 rings (SSSR count). The van der Waals surface area contributed by atoms with Crippen molar-refractivity contribution < 1.29 is 14.4 Å². The van der Waals surface area contributed by atoms with Gasteiger partial charge >= 0.3 is 11.8 Å². The van der Waals surface area contributed by atoms with Crippen molar-refractivity contribution in [3.63, 3.8) is 0 Å². The molecule has 0 spiro atoms. The zero-order valence-corrected chi connectivity index (χ0v) is 12.3. The molecule has 2 aromatic rings. The van der Waals surface area contributed by atoms with Crippen molar-refractivity contribution >= 4 is 5.82 Å². The van der Waals surface area contributed by atoms with Crippen LogP contribution in [0.1, 0.15) is 17.5 Å². The van der Waals surface area contributed by atoms with Crippen molar-refractivity contribution in [2.75, 3.05) is 6.61 Å². The fraction of sp³-hybridized carbons (Fsp3) is 0.400. The number of hydrogen-bond acceptors (Lipinski definition) is 5. The highest BCUT2D eigenvalue weighted by Gasteiger charge is 2.28. The number of imidazole rings is 1. The standard InChI is InChI=1S/C15H17N3O4/c1-11-2-4-12(5-3-11)9-21-10-13-6-7-17-8-14(18(19)20)16-15(17)22-13/h2-5,8,13H,6-7,9-10H2,1H3/t13-/m1/s1. The normalized spacial score (nSPS) is 16.9. The third kappa shape index (κ3) is 3.25. The topological polar surface area (TPSA) is 79.4 Å². The van der Waals surface area contributed by atoms with Gasteiger partial charge in [-0.1, -0.05) is 29.8 Å². The molecule has 1 atom stereocenters. The summed E-state index contributed by atoms with van der Waals surface area (Å²) in [5.41, 5.74) is 2.33. The molecular formula is C15H17N3O4. The van der Waals surface area contributed by atoms with E-state index in [1.807, 2.05) is 31.2 Å². The van der Waals surface area contributed by atoms with Crippen molar-refractivity contribution in [2.24, 2.45) is 0 Å². The van der Waals surface area contributed by atoms with Gasteiger partial charge in [0.15, 0.2) is 0 Å². The van der Waals surface area contributed by atoms with Crippen LogP contribution in [0.5, 0.6) is 6.01 Å². The molecule has 7 heteroatoms. The van der Waals surface area contributed by atoms with Gasteiger partial charge in [-0.2, -0.15) is 0 Å². The van der Waals surface area contributed by atoms with Crippen LogP contribution in [0.3, 0.4) is 0 Å². The van der Waals surface area contributed by atoms with Crippen molar-refractivity contribution in [3.05, 3.63) is 51.7 Å². The minimum atomic E-state index is -0.516. The zero-order valence-electron chi connectivity index (χ0n) is 12.3. The molecule has 0 saturated carbocycles. The maximum Gasteiger partial charge on any atom is 0.414 e. The lowest BCUT2D eigenvalue weighted by Crippen LogP contribution is -2.30. The Morgan fingerprint density at radius 2 is 2.23 bits per heavy atom. The first-order chi connectivity index (χ1) is 10.6. The zero-order chi connectivity index (χ0) is 15.5. The van der Waals surface area contributed by atoms with E-state index in [2.05, 4.69) is 4.98 Å². The van der Waals surface area contributed by atoms with Crippen molar-refractivity contribution in [3.8, 4) is 6.01 Å². The molecule has 1 aromatic carbocycles. The second kappa shape index (κ2) is 6.15. The summed E-state index contributed by atoms with van der Waals surface area (Å²) in [4.78, 5) is 14.0. The number of nitro groups is 1. The SMILES string of the molecule is Cc1ccc(COC[C@H]2CCn3cc([N+](=O)[O-])nc3O2)cc1. The van der Waals surface area contributed by atoms with Crippen molar-refractivity contribution in [1.82, 2.24) is 9.55 Å². The van der Waals surface area contributed by atoms with Gasteiger partial charge in [-0.15, -0.1) is 0 Å². The fourth-order valence-corrected chi connectivity index (χ4v) is 2.33. The Labute approximate surface area is 127 Å². The van der Waals surface area contributed by atoms with Gasteiger partial charge in [0.25, 0.3) is 0 Å². The third-order valence-corrected chi connectivity index (χ3v) is 3.57. The summed E-state index contributed by atoms with van der Waals surface area (Å²) < 4.78 is 13.0. The predicted molar refractivity (Wildman–Crippen MR) is 78.7 cm³/mol. The lowest BCUT2D eigenvalue weighted by atomic mass is 10.2. The van der Waals surface area contributed by atoms with Gasteiger partial charge in [-0.05, 0) is 17.4 Å². The Hall–Kier alpha value is -2.41. The molecule has 0 N–H and O–H groups in total. The molecule has 1 aliphatic heterocycles. The lowest BCUT2D eigenvalue weighted by Gasteiger charge is -2.21. The van der Waals surface area contributed by atoms with Crippen LogP contribution in [0.15, 0.2) is 30.5 Å². The molecular weight excluding hydrogens is 286 g/mol. The van der Waals surface area contributed by atoms with Crippen LogP contribution in [-0.2, 0) is 17.9 Å². The first-order valence-electron chi connectivity index (χ1n) is 7.13. The van der Waals surface area contributed by atoms with Gasteiger partial charge in [0, 0.05) is 17.9 Å². The summed E-state index contributed by atoms with van der Waals surface area (Å²) in [6.45, 7) is 3.65. The lowest BCUT2D eigenvalue weighted by molar-refractivity contribution is -0.389. The van der Waals surface area contributed by atoms with E-state index < -0.39 is 4.92 Å². The van der Waals surface area contributed by atoms with Gasteiger partial charge in [0.2, 0.25) is 0 Å². The highest BCUT2D eigenvalue weighted by atomic mass is 16.6. The average Bonchev–Trinajstić information content (AvgIpc) is 2.93. The predicted octanol–water partition coefficient (Wildman–Crippen LogP) is 2.47. The van der Waals surface area contributed by atoms with Crippen molar-refractivity contribution in [1.29, 1.82) is 0 Å². The van der Waals surface area contributed by atoms with E-state index in [0.29, 0.717) is 25.8 Å². The number of nitrogens with zero attached hydrogens (tertiary/aromatic N) is 3. The first kappa shape index (κ1) is 14.5. The molecule has 0 fully saturated rings. The average molecular weight is 303 g/mol. The summed E-state index contributed by atoms with van der Waals surface area (Å²) >= 11 is 0. The first-order valence-corrected chi connectivity index (χ1v) is 7.13. The number of rotatable bonds is 5. The third-order valence-electron chi connectivity index (χ3n) is 3.57. The Morgan fingerprint density at radius 1 is 1.45 bits per heavy atom. The van der Waals surface area contributed by atoms with Crippen LogP contribution in [0.4, 0.5) is 5.82 Å². The highest BCUT2D eigenvalue weighted by molar-refractivity contribution is 5.22. The molecule has 0 aliphatic carbocycles. The van der Waals surface area contributed by atoms with E-state index in [-0.39, 0.29) is 11.9 Å². The minimum Gasteiger partial charge on any atom is -0.440 e. The van der Waals surface area contributed by atoms with Gasteiger partial charge in [0.1, 0.15) is 12.3 Å². The Morgan fingerprint density at radius 3 is 2.95 bits per heavy atom. The van der Waals surface area contributed by atoms with Crippen LogP contribution in [-0.4, -0.2) is 27.2 Å². The molecule has 0 bridgehead atoms. The number of benzene rings is 1. The maximum absolute atomic E-state index is 10.7. The van der Waals surface area contributed by atoms with Crippen LogP contribution in [0, 0.1) is 17.0 Å². The molecule has 116 valence electrons. The molecule has 0 unspecified atom stereocenters. The smallest absolute Gasteiger partial charge is 0.414 e. The molecule has 0 amide bonds. The number of fused-ring (bicyclic) bond motifs is 1. The van der Waals surface area contributed by atoms with Crippen molar-refractivity contribution in [2.45, 2.75) is 32.6 Å². The quantitative estimate of drug-likeness (QED) is 0.626. The second-order valence-corrected chi connectivity index (χ2v) is 5.36. The van der Waals surface area contributed by atoms with Gasteiger partial charge in [0.05, 0.1) is 13.2 Å². The van der Waals surface area contributed by atoms with Crippen LogP contribution in [0.25, 0.3) is 0 Å². The van der Waals surface area contributed by atoms with E-state index in [1.165, 1.54) is 11.8 Å². The van der Waals surface area contributed by atoms with E-state index in [0.717, 1.165) is 12.0 Å². The summed E-state index contributed by atoms with van der Waals surface area (Å²) in [7, 11) is 0. The fourth-order valence-electron chi connectivity index (χ4n) is 2.33. The number of aromatic nitrogens is 2. The summed E-state index contributed by atoms with van der Waals surface area (Å²) in [6, 6.07) is 8.46. The molecule has 1 aromatic heterocycles. The monoisotopic (exact) mass is 303 g/mol. The molecule has 7 nitrogen and oxygen atoms in total. The largest absolute Gasteiger partial charge is 0.440 e. The van der Waals surface area contributed by atoms with Gasteiger partial charge in [-0.25, -0.2) is 0 Å². The number of ether oxygens (including phenoxy) is 2. The summed E-state index contributed by atoms with van der Waals surface area (Å²) in [5, 5.41) is 10.7. The van der Waals surface area contributed by atoms with Crippen LogP contribution in [0.2, 0.25) is 0 Å². The van der Waals surface area contributed by atoms with Gasteiger partial charge in [-0.3, -0.25) is 4.57 Å². The molecule has 2 heterocycles. The van der Waals surface area contributed by atoms with Gasteiger partial charge < -0.3 is 19.6 Å². The van der Waals surface area contributed by atoms with Crippen LogP contribution >= 0.6 is 0 Å². The minimum absolute atomic E-state index is 0.125. The Kier molecular flexibility index (Phi) is 4.06. The molecule has 0 saturated heterocycles. The number of hydrogen-bond donors (Lipinski definition) is 0. The maximum atomic E-state index is 10.7. The summed E-state index contributed by atoms with van der Waals surface area (Å²) in [6.07, 6.45) is 2.02.